The van der Waals surface area contributed by atoms with Gasteiger partial charge in [-0.15, -0.1) is 22.7 Å². The Bertz CT molecular complexity index is 1050. The van der Waals surface area contributed by atoms with Crippen LogP contribution < -0.4 is 0 Å². The van der Waals surface area contributed by atoms with E-state index in [1.165, 1.54) is 28.5 Å². The lowest BCUT2D eigenvalue weighted by Crippen LogP contribution is -2.31. The summed E-state index contributed by atoms with van der Waals surface area (Å²) >= 11 is 8.95. The van der Waals surface area contributed by atoms with Gasteiger partial charge in [0.05, 0.1) is 21.7 Å². The first-order valence-corrected chi connectivity index (χ1v) is 10.8. The van der Waals surface area contributed by atoms with Crippen molar-refractivity contribution in [3.8, 4) is 0 Å². The maximum atomic E-state index is 13.9. The van der Waals surface area contributed by atoms with Gasteiger partial charge in [-0.1, -0.05) is 29.8 Å². The third-order valence-electron chi connectivity index (χ3n) is 4.34. The molecule has 1 aliphatic heterocycles. The molecule has 148 valence electrons. The van der Waals surface area contributed by atoms with Crippen LogP contribution in [0.4, 0.5) is 4.39 Å². The maximum absolute atomic E-state index is 13.9. The van der Waals surface area contributed by atoms with Gasteiger partial charge in [0, 0.05) is 11.3 Å². The Kier molecular flexibility index (Phi) is 5.75. The fourth-order valence-electron chi connectivity index (χ4n) is 2.99. The fraction of sp³-hybridized carbons (Fsp3) is 0.150. The summed E-state index contributed by atoms with van der Waals surface area (Å²) in [6.45, 7) is -0.563. The minimum Gasteiger partial charge on any atom is -0.452 e. The summed E-state index contributed by atoms with van der Waals surface area (Å²) in [5, 5.41) is 9.63. The average molecular weight is 449 g/mol. The van der Waals surface area contributed by atoms with Crippen LogP contribution in [0.15, 0.2) is 58.3 Å². The van der Waals surface area contributed by atoms with Gasteiger partial charge in [0.25, 0.3) is 5.91 Å². The summed E-state index contributed by atoms with van der Waals surface area (Å²) in [7, 11) is 0. The van der Waals surface area contributed by atoms with Crippen LogP contribution in [0.1, 0.15) is 32.6 Å². The van der Waals surface area contributed by atoms with Crippen LogP contribution in [0.25, 0.3) is 0 Å². The van der Waals surface area contributed by atoms with E-state index in [0.717, 1.165) is 21.5 Å². The SMILES string of the molecule is O=C(OCC(=O)N1N=C(c2cccs2)CC1c1cccs1)c1c(F)cccc1Cl. The number of amides is 1. The van der Waals surface area contributed by atoms with Crippen LogP contribution in [0.3, 0.4) is 0 Å². The minimum atomic E-state index is -0.990. The van der Waals surface area contributed by atoms with Crippen molar-refractivity contribution in [1.82, 2.24) is 5.01 Å². The lowest BCUT2D eigenvalue weighted by Gasteiger charge is -2.20. The van der Waals surface area contributed by atoms with Crippen LogP contribution >= 0.6 is 34.3 Å². The smallest absolute Gasteiger partial charge is 0.343 e. The first kappa shape index (κ1) is 19.8. The molecule has 1 atom stereocenters. The molecular formula is C20H14ClFN2O3S2. The van der Waals surface area contributed by atoms with Crippen LogP contribution in [0, 0.1) is 5.82 Å². The zero-order chi connectivity index (χ0) is 20.4. The quantitative estimate of drug-likeness (QED) is 0.508. The second kappa shape index (κ2) is 8.44. The molecule has 4 rings (SSSR count). The van der Waals surface area contributed by atoms with Crippen molar-refractivity contribution in [1.29, 1.82) is 0 Å². The van der Waals surface area contributed by atoms with Crippen molar-refractivity contribution < 1.29 is 18.7 Å². The normalized spacial score (nSPS) is 16.0. The number of esters is 1. The Morgan fingerprint density at radius 1 is 1.17 bits per heavy atom. The third-order valence-corrected chi connectivity index (χ3v) is 6.54. The first-order chi connectivity index (χ1) is 14.0. The summed E-state index contributed by atoms with van der Waals surface area (Å²) < 4.78 is 18.9. The maximum Gasteiger partial charge on any atom is 0.343 e. The van der Waals surface area contributed by atoms with Gasteiger partial charge in [-0.05, 0) is 35.0 Å². The highest BCUT2D eigenvalue weighted by Gasteiger charge is 2.34. The molecule has 0 aliphatic carbocycles. The topological polar surface area (TPSA) is 59.0 Å². The van der Waals surface area contributed by atoms with E-state index in [4.69, 9.17) is 16.3 Å². The number of ether oxygens (including phenoxy) is 1. The van der Waals surface area contributed by atoms with Gasteiger partial charge < -0.3 is 4.74 Å². The zero-order valence-corrected chi connectivity index (χ0v) is 17.3. The van der Waals surface area contributed by atoms with E-state index in [-0.39, 0.29) is 16.6 Å². The molecule has 5 nitrogen and oxygen atoms in total. The molecule has 3 heterocycles. The molecule has 0 saturated heterocycles. The monoisotopic (exact) mass is 448 g/mol. The van der Waals surface area contributed by atoms with Gasteiger partial charge in [-0.2, -0.15) is 5.10 Å². The van der Waals surface area contributed by atoms with Crippen LogP contribution in [-0.4, -0.2) is 29.2 Å². The predicted octanol–water partition coefficient (Wildman–Crippen LogP) is 5.14. The summed E-state index contributed by atoms with van der Waals surface area (Å²) in [5.41, 5.74) is 0.413. The minimum absolute atomic E-state index is 0.0712. The molecule has 0 radical (unpaired) electrons. The van der Waals surface area contributed by atoms with Gasteiger partial charge in [0.15, 0.2) is 6.61 Å². The van der Waals surface area contributed by atoms with E-state index in [1.54, 1.807) is 11.3 Å². The molecule has 9 heteroatoms. The Balaban J connectivity index is 1.51. The number of halogens is 2. The second-order valence-electron chi connectivity index (χ2n) is 6.17. The molecule has 1 unspecified atom stereocenters. The largest absolute Gasteiger partial charge is 0.452 e. The molecule has 1 aromatic carbocycles. The van der Waals surface area contributed by atoms with E-state index >= 15 is 0 Å². The summed E-state index contributed by atoms with van der Waals surface area (Å²) in [5.74, 6) is -2.28. The van der Waals surface area contributed by atoms with Crippen molar-refractivity contribution >= 4 is 51.9 Å². The molecule has 0 spiro atoms. The van der Waals surface area contributed by atoms with Crippen molar-refractivity contribution in [2.75, 3.05) is 6.61 Å². The van der Waals surface area contributed by atoms with Gasteiger partial charge in [-0.25, -0.2) is 14.2 Å². The molecule has 0 fully saturated rings. The van der Waals surface area contributed by atoms with Crippen molar-refractivity contribution in [2.24, 2.45) is 5.10 Å². The van der Waals surface area contributed by atoms with Gasteiger partial charge >= 0.3 is 5.97 Å². The third kappa shape index (κ3) is 4.10. The first-order valence-electron chi connectivity index (χ1n) is 8.62. The Morgan fingerprint density at radius 2 is 1.97 bits per heavy atom. The lowest BCUT2D eigenvalue weighted by molar-refractivity contribution is -0.136. The molecule has 2 aromatic heterocycles. The Morgan fingerprint density at radius 3 is 2.66 bits per heavy atom. The Hall–Kier alpha value is -2.55. The number of carbonyl (C=O) groups is 2. The standard InChI is InChI=1S/C20H14ClFN2O3S2/c21-12-4-1-5-13(22)19(12)20(26)27-11-18(25)24-15(17-7-3-9-29-17)10-14(23-24)16-6-2-8-28-16/h1-9,15H,10-11H2. The van der Waals surface area contributed by atoms with Gasteiger partial charge in [-0.3, -0.25) is 4.79 Å². The van der Waals surface area contributed by atoms with Crippen LogP contribution in [0.5, 0.6) is 0 Å². The average Bonchev–Trinajstić information content (AvgIpc) is 3.46. The van der Waals surface area contributed by atoms with E-state index in [0.29, 0.717) is 6.42 Å². The van der Waals surface area contributed by atoms with Crippen molar-refractivity contribution in [3.63, 3.8) is 0 Å². The number of nitrogens with zero attached hydrogens (tertiary/aromatic N) is 2. The zero-order valence-electron chi connectivity index (χ0n) is 14.9. The summed E-state index contributed by atoms with van der Waals surface area (Å²) in [6, 6.07) is 11.3. The molecule has 1 amide bonds. The van der Waals surface area contributed by atoms with Crippen molar-refractivity contribution in [3.05, 3.63) is 79.4 Å². The molecular weight excluding hydrogens is 435 g/mol. The molecule has 0 N–H and O–H groups in total. The lowest BCUT2D eigenvalue weighted by atomic mass is 10.1. The molecule has 0 bridgehead atoms. The number of hydrogen-bond donors (Lipinski definition) is 0. The summed E-state index contributed by atoms with van der Waals surface area (Å²) in [6.07, 6.45) is 0.569. The number of rotatable bonds is 5. The highest BCUT2D eigenvalue weighted by atomic mass is 35.5. The molecule has 1 aliphatic rings. The van der Waals surface area contributed by atoms with E-state index in [9.17, 15) is 14.0 Å². The van der Waals surface area contributed by atoms with E-state index < -0.39 is 24.3 Å². The predicted molar refractivity (Wildman–Crippen MR) is 111 cm³/mol. The highest BCUT2D eigenvalue weighted by molar-refractivity contribution is 7.12. The molecule has 3 aromatic rings. The van der Waals surface area contributed by atoms with Crippen LogP contribution in [-0.2, 0) is 9.53 Å². The Labute approximate surface area is 179 Å². The van der Waals surface area contributed by atoms with E-state index in [2.05, 4.69) is 5.10 Å². The second-order valence-corrected chi connectivity index (χ2v) is 8.50. The number of hydrogen-bond acceptors (Lipinski definition) is 6. The van der Waals surface area contributed by atoms with Crippen molar-refractivity contribution in [2.45, 2.75) is 12.5 Å². The van der Waals surface area contributed by atoms with E-state index in [1.807, 2.05) is 35.0 Å². The summed E-state index contributed by atoms with van der Waals surface area (Å²) in [4.78, 5) is 27.0. The number of hydrazone groups is 1. The van der Waals surface area contributed by atoms with Gasteiger partial charge in [0.1, 0.15) is 11.4 Å². The van der Waals surface area contributed by atoms with Crippen LogP contribution in [0.2, 0.25) is 5.02 Å². The molecule has 29 heavy (non-hydrogen) atoms. The highest BCUT2D eigenvalue weighted by Crippen LogP contribution is 2.36. The number of thiophene rings is 2. The molecule has 0 saturated carbocycles. The number of carbonyl (C=O) groups excluding carboxylic acids is 2. The number of benzene rings is 1. The van der Waals surface area contributed by atoms with Gasteiger partial charge in [0.2, 0.25) is 0 Å². The fourth-order valence-corrected chi connectivity index (χ4v) is 4.77.